The molecule has 2 heterocycles. The first-order valence-corrected chi connectivity index (χ1v) is 10.6. The van der Waals surface area contributed by atoms with E-state index >= 15 is 0 Å². The van der Waals surface area contributed by atoms with Crippen molar-refractivity contribution in [1.82, 2.24) is 15.1 Å². The van der Waals surface area contributed by atoms with E-state index in [9.17, 15) is 4.79 Å². The Labute approximate surface area is 185 Å². The molecule has 1 aromatic rings. The normalized spacial score (nSPS) is 26.0. The van der Waals surface area contributed by atoms with Gasteiger partial charge >= 0.3 is 0 Å². The van der Waals surface area contributed by atoms with Crippen LogP contribution in [-0.2, 0) is 0 Å². The van der Waals surface area contributed by atoms with Gasteiger partial charge in [0.05, 0.1) is 6.26 Å². The van der Waals surface area contributed by atoms with Crippen LogP contribution in [0.25, 0.3) is 0 Å². The van der Waals surface area contributed by atoms with Gasteiger partial charge in [0.15, 0.2) is 11.7 Å². The molecule has 0 radical (unpaired) electrons. The van der Waals surface area contributed by atoms with Gasteiger partial charge in [0.2, 0.25) is 0 Å². The number of nitrogens with one attached hydrogen (secondary N) is 1. The van der Waals surface area contributed by atoms with E-state index in [0.717, 1.165) is 37.4 Å². The van der Waals surface area contributed by atoms with Gasteiger partial charge in [-0.05, 0) is 37.3 Å². The van der Waals surface area contributed by atoms with E-state index < -0.39 is 0 Å². The fourth-order valence-electron chi connectivity index (χ4n) is 4.69. The summed E-state index contributed by atoms with van der Waals surface area (Å²) >= 11 is 0. The van der Waals surface area contributed by atoms with E-state index in [1.165, 1.54) is 38.5 Å². The fraction of sp³-hybridized carbons (Fsp3) is 0.714. The molecule has 0 spiro atoms. The van der Waals surface area contributed by atoms with Crippen molar-refractivity contribution in [3.63, 3.8) is 0 Å². The van der Waals surface area contributed by atoms with E-state index in [1.54, 1.807) is 18.4 Å². The summed E-state index contributed by atoms with van der Waals surface area (Å²) in [6, 6.07) is 4.09. The molecule has 0 bridgehead atoms. The number of aliphatic imine (C=N–C) groups is 1. The van der Waals surface area contributed by atoms with Crippen molar-refractivity contribution in [2.24, 2.45) is 16.8 Å². The first kappa shape index (κ1) is 21.5. The first-order chi connectivity index (χ1) is 13.3. The van der Waals surface area contributed by atoms with Crippen LogP contribution in [0.2, 0.25) is 0 Å². The number of carbonyl (C=O) groups excluding carboxylic acids is 1. The lowest BCUT2D eigenvalue weighted by Crippen LogP contribution is -2.54. The van der Waals surface area contributed by atoms with Gasteiger partial charge < -0.3 is 19.5 Å². The lowest BCUT2D eigenvalue weighted by molar-refractivity contribution is 0.0657. The molecule has 1 aromatic heterocycles. The van der Waals surface area contributed by atoms with Gasteiger partial charge in [0.25, 0.3) is 5.91 Å². The van der Waals surface area contributed by atoms with Crippen LogP contribution in [0.5, 0.6) is 0 Å². The van der Waals surface area contributed by atoms with Gasteiger partial charge in [0, 0.05) is 38.8 Å². The maximum atomic E-state index is 12.4. The van der Waals surface area contributed by atoms with Crippen molar-refractivity contribution in [3.05, 3.63) is 24.2 Å². The average molecular weight is 500 g/mol. The Morgan fingerprint density at radius 1 is 1.18 bits per heavy atom. The number of rotatable bonds is 4. The quantitative estimate of drug-likeness (QED) is 0.390. The van der Waals surface area contributed by atoms with Gasteiger partial charge in [-0.3, -0.25) is 9.79 Å². The lowest BCUT2D eigenvalue weighted by Gasteiger charge is -2.36. The molecule has 6 nitrogen and oxygen atoms in total. The highest BCUT2D eigenvalue weighted by Crippen LogP contribution is 2.44. The number of hydrogen-bond donors (Lipinski definition) is 1. The maximum absolute atomic E-state index is 12.4. The Balaban J connectivity index is 0.00000225. The minimum absolute atomic E-state index is 0. The zero-order valence-corrected chi connectivity index (χ0v) is 19.1. The highest BCUT2D eigenvalue weighted by Gasteiger charge is 2.44. The molecule has 2 saturated carbocycles. The van der Waals surface area contributed by atoms with Crippen LogP contribution in [0, 0.1) is 11.8 Å². The van der Waals surface area contributed by atoms with Gasteiger partial charge in [-0.1, -0.05) is 32.1 Å². The number of hydrogen-bond acceptors (Lipinski definition) is 3. The second-order valence-electron chi connectivity index (χ2n) is 8.10. The topological polar surface area (TPSA) is 61.1 Å². The predicted molar refractivity (Wildman–Crippen MR) is 121 cm³/mol. The van der Waals surface area contributed by atoms with Crippen molar-refractivity contribution in [2.45, 2.75) is 51.5 Å². The Hall–Kier alpha value is -1.25. The van der Waals surface area contributed by atoms with Crippen LogP contribution in [-0.4, -0.2) is 60.4 Å². The third-order valence-corrected chi connectivity index (χ3v) is 6.32. The molecule has 7 heteroatoms. The third kappa shape index (κ3) is 5.02. The summed E-state index contributed by atoms with van der Waals surface area (Å²) in [5, 5.41) is 3.73. The van der Waals surface area contributed by atoms with E-state index in [4.69, 9.17) is 9.41 Å². The molecule has 3 fully saturated rings. The summed E-state index contributed by atoms with van der Waals surface area (Å²) in [5.74, 6) is 3.21. The highest BCUT2D eigenvalue weighted by atomic mass is 127. The van der Waals surface area contributed by atoms with Gasteiger partial charge in [-0.25, -0.2) is 0 Å². The van der Waals surface area contributed by atoms with Crippen LogP contribution >= 0.6 is 24.0 Å². The molecule has 0 aromatic carbocycles. The van der Waals surface area contributed by atoms with Crippen LogP contribution < -0.4 is 5.32 Å². The van der Waals surface area contributed by atoms with Gasteiger partial charge in [-0.2, -0.15) is 0 Å². The number of nitrogens with zero attached hydrogens (tertiary/aromatic N) is 3. The minimum atomic E-state index is -0.0128. The second kappa shape index (κ2) is 9.98. The zero-order valence-electron chi connectivity index (χ0n) is 16.8. The second-order valence-corrected chi connectivity index (χ2v) is 8.10. The highest BCUT2D eigenvalue weighted by molar-refractivity contribution is 14.0. The van der Waals surface area contributed by atoms with E-state index in [1.807, 2.05) is 4.90 Å². The number of halogens is 1. The van der Waals surface area contributed by atoms with E-state index in [0.29, 0.717) is 24.9 Å². The number of guanidine groups is 1. The predicted octanol–water partition coefficient (Wildman–Crippen LogP) is 3.59. The summed E-state index contributed by atoms with van der Waals surface area (Å²) in [5.41, 5.74) is 0. The van der Waals surface area contributed by atoms with Crippen LogP contribution in [0.3, 0.4) is 0 Å². The van der Waals surface area contributed by atoms with Crippen molar-refractivity contribution < 1.29 is 9.21 Å². The van der Waals surface area contributed by atoms with Crippen molar-refractivity contribution in [2.75, 3.05) is 32.7 Å². The smallest absolute Gasteiger partial charge is 0.289 e. The van der Waals surface area contributed by atoms with Crippen LogP contribution in [0.15, 0.2) is 27.8 Å². The summed E-state index contributed by atoms with van der Waals surface area (Å²) < 4.78 is 5.25. The summed E-state index contributed by atoms with van der Waals surface area (Å²) in [7, 11) is 0. The molecule has 28 heavy (non-hydrogen) atoms. The zero-order chi connectivity index (χ0) is 18.6. The van der Waals surface area contributed by atoms with Crippen LogP contribution in [0.1, 0.15) is 56.0 Å². The molecular formula is C21H33IN4O2. The molecule has 1 aliphatic heterocycles. The van der Waals surface area contributed by atoms with Crippen molar-refractivity contribution >= 4 is 35.8 Å². The largest absolute Gasteiger partial charge is 0.459 e. The Bertz CT molecular complexity index is 649. The number of piperazine rings is 1. The molecular weight excluding hydrogens is 467 g/mol. The molecule has 156 valence electrons. The summed E-state index contributed by atoms with van der Waals surface area (Å²) in [4.78, 5) is 21.4. The summed E-state index contributed by atoms with van der Waals surface area (Å²) in [6.45, 7) is 5.93. The molecule has 2 aliphatic carbocycles. The average Bonchev–Trinajstić information content (AvgIpc) is 3.26. The lowest BCUT2D eigenvalue weighted by atomic mass is 9.85. The molecule has 1 N–H and O–H groups in total. The minimum Gasteiger partial charge on any atom is -0.459 e. The Morgan fingerprint density at radius 3 is 2.54 bits per heavy atom. The number of carbonyl (C=O) groups is 1. The Morgan fingerprint density at radius 2 is 1.89 bits per heavy atom. The molecule has 2 unspecified atom stereocenters. The summed E-state index contributed by atoms with van der Waals surface area (Å²) in [6.07, 6.45) is 9.92. The monoisotopic (exact) mass is 500 g/mol. The number of furan rings is 1. The molecule has 3 aliphatic rings. The third-order valence-electron chi connectivity index (χ3n) is 6.32. The van der Waals surface area contributed by atoms with Gasteiger partial charge in [0.1, 0.15) is 0 Å². The molecule has 2 atom stereocenters. The molecule has 1 amide bonds. The van der Waals surface area contributed by atoms with Gasteiger partial charge in [-0.15, -0.1) is 24.0 Å². The van der Waals surface area contributed by atoms with E-state index in [-0.39, 0.29) is 29.9 Å². The SMILES string of the molecule is CCN=C(NC1CC1C1CCCCC1)N1CCN(C(=O)c2ccco2)CC1.I. The van der Waals surface area contributed by atoms with Crippen LogP contribution in [0.4, 0.5) is 0 Å². The van der Waals surface area contributed by atoms with E-state index in [2.05, 4.69) is 17.1 Å². The maximum Gasteiger partial charge on any atom is 0.289 e. The molecule has 4 rings (SSSR count). The molecule has 1 saturated heterocycles. The Kier molecular flexibility index (Phi) is 7.65. The standard InChI is InChI=1S/C21H32N4O2.HI/c1-2-22-21(23-18-15-17(18)16-7-4-3-5-8-16)25-12-10-24(11-13-25)20(26)19-9-6-14-27-19;/h6,9,14,16-18H,2-5,7-8,10-13,15H2,1H3,(H,22,23);1H. The first-order valence-electron chi connectivity index (χ1n) is 10.6. The number of amides is 1. The fourth-order valence-corrected chi connectivity index (χ4v) is 4.69. The van der Waals surface area contributed by atoms with Crippen molar-refractivity contribution in [3.8, 4) is 0 Å². The van der Waals surface area contributed by atoms with Crippen molar-refractivity contribution in [1.29, 1.82) is 0 Å².